The number of rotatable bonds is 2. The molecule has 3 unspecified atom stereocenters. The molecule has 2 aliphatic heterocycles. The SMILES string of the molecule is Br.CN1C2CCc3ccccc3C1CC(OC(=O)c1ccccc1)C2. The van der Waals surface area contributed by atoms with Crippen LogP contribution in [-0.2, 0) is 11.2 Å². The number of carbonyl (C=O) groups excluding carboxylic acids is 1. The van der Waals surface area contributed by atoms with E-state index >= 15 is 0 Å². The van der Waals surface area contributed by atoms with Crippen molar-refractivity contribution in [2.45, 2.75) is 43.9 Å². The second-order valence-electron chi connectivity index (χ2n) is 6.94. The molecule has 1 fully saturated rings. The van der Waals surface area contributed by atoms with E-state index in [1.807, 2.05) is 30.3 Å². The Morgan fingerprint density at radius 2 is 1.76 bits per heavy atom. The number of carbonyl (C=O) groups is 1. The molecule has 1 saturated heterocycles. The van der Waals surface area contributed by atoms with Crippen LogP contribution >= 0.6 is 17.0 Å². The van der Waals surface area contributed by atoms with Gasteiger partial charge in [0.15, 0.2) is 0 Å². The number of hydrogen-bond donors (Lipinski definition) is 0. The summed E-state index contributed by atoms with van der Waals surface area (Å²) < 4.78 is 5.87. The number of hydrogen-bond acceptors (Lipinski definition) is 3. The van der Waals surface area contributed by atoms with Crippen LogP contribution < -0.4 is 0 Å². The lowest BCUT2D eigenvalue weighted by Gasteiger charge is -2.41. The first-order valence-corrected chi connectivity index (χ1v) is 8.78. The Hall–Kier alpha value is -1.65. The van der Waals surface area contributed by atoms with Crippen LogP contribution in [0.25, 0.3) is 0 Å². The minimum absolute atomic E-state index is 0. The van der Waals surface area contributed by atoms with Crippen LogP contribution in [0.2, 0.25) is 0 Å². The summed E-state index contributed by atoms with van der Waals surface area (Å²) in [5.74, 6) is -0.199. The van der Waals surface area contributed by atoms with E-state index < -0.39 is 0 Å². The molecule has 4 heteroatoms. The third kappa shape index (κ3) is 3.65. The Morgan fingerprint density at radius 1 is 1.04 bits per heavy atom. The summed E-state index contributed by atoms with van der Waals surface area (Å²) in [6.07, 6.45) is 4.04. The summed E-state index contributed by atoms with van der Waals surface area (Å²) in [6.45, 7) is 0. The van der Waals surface area contributed by atoms with Gasteiger partial charge < -0.3 is 4.74 Å². The minimum atomic E-state index is -0.199. The Bertz CT molecular complexity index is 734. The molecule has 3 atom stereocenters. The lowest BCUT2D eigenvalue weighted by atomic mass is 9.90. The van der Waals surface area contributed by atoms with Gasteiger partial charge in [-0.15, -0.1) is 17.0 Å². The highest BCUT2D eigenvalue weighted by Crippen LogP contribution is 2.40. The zero-order valence-electron chi connectivity index (χ0n) is 14.4. The number of nitrogens with zero attached hydrogens (tertiary/aromatic N) is 1. The van der Waals surface area contributed by atoms with E-state index in [0.29, 0.717) is 17.6 Å². The van der Waals surface area contributed by atoms with Crippen LogP contribution in [0.5, 0.6) is 0 Å². The van der Waals surface area contributed by atoms with Gasteiger partial charge in [0.25, 0.3) is 0 Å². The average molecular weight is 402 g/mol. The molecule has 132 valence electrons. The van der Waals surface area contributed by atoms with Crippen molar-refractivity contribution in [3.05, 3.63) is 71.3 Å². The van der Waals surface area contributed by atoms with Crippen molar-refractivity contribution in [1.29, 1.82) is 0 Å². The van der Waals surface area contributed by atoms with Crippen molar-refractivity contribution in [3.8, 4) is 0 Å². The minimum Gasteiger partial charge on any atom is -0.459 e. The van der Waals surface area contributed by atoms with E-state index in [1.54, 1.807) is 0 Å². The Labute approximate surface area is 159 Å². The zero-order valence-corrected chi connectivity index (χ0v) is 16.1. The number of aryl methyl sites for hydroxylation is 1. The van der Waals surface area contributed by atoms with Crippen LogP contribution in [0.1, 0.15) is 46.8 Å². The first-order chi connectivity index (χ1) is 11.7. The Balaban J connectivity index is 0.00000182. The van der Waals surface area contributed by atoms with Crippen molar-refractivity contribution < 1.29 is 9.53 Å². The topological polar surface area (TPSA) is 29.5 Å². The summed E-state index contributed by atoms with van der Waals surface area (Å²) in [4.78, 5) is 14.9. The van der Waals surface area contributed by atoms with Crippen LogP contribution in [0.15, 0.2) is 54.6 Å². The molecule has 2 aromatic rings. The van der Waals surface area contributed by atoms with Crippen LogP contribution in [0.3, 0.4) is 0 Å². The predicted molar refractivity (Wildman–Crippen MR) is 104 cm³/mol. The highest BCUT2D eigenvalue weighted by molar-refractivity contribution is 8.93. The smallest absolute Gasteiger partial charge is 0.338 e. The van der Waals surface area contributed by atoms with Crippen molar-refractivity contribution in [3.63, 3.8) is 0 Å². The third-order valence-corrected chi connectivity index (χ3v) is 5.53. The maximum Gasteiger partial charge on any atom is 0.338 e. The number of ether oxygens (including phenoxy) is 1. The van der Waals surface area contributed by atoms with Gasteiger partial charge in [0.2, 0.25) is 0 Å². The van der Waals surface area contributed by atoms with E-state index in [0.717, 1.165) is 25.7 Å². The van der Waals surface area contributed by atoms with E-state index in [4.69, 9.17) is 4.74 Å². The van der Waals surface area contributed by atoms with E-state index in [-0.39, 0.29) is 29.1 Å². The van der Waals surface area contributed by atoms with Crippen molar-refractivity contribution >= 4 is 23.0 Å². The zero-order chi connectivity index (χ0) is 16.5. The van der Waals surface area contributed by atoms with Crippen LogP contribution in [0, 0.1) is 0 Å². The standard InChI is InChI=1S/C21H23NO2.BrH/c1-22-17-12-11-15-7-5-6-10-19(15)20(22)14-18(13-17)24-21(23)16-8-3-2-4-9-16;/h2-10,17-18,20H,11-14H2,1H3;1H. The van der Waals surface area contributed by atoms with Crippen molar-refractivity contribution in [2.75, 3.05) is 7.05 Å². The number of fused-ring (bicyclic) bond motifs is 4. The molecule has 4 rings (SSSR count). The van der Waals surface area contributed by atoms with E-state index in [2.05, 4.69) is 36.2 Å². The van der Waals surface area contributed by atoms with Gasteiger partial charge in [0, 0.05) is 24.9 Å². The van der Waals surface area contributed by atoms with Gasteiger partial charge in [-0.1, -0.05) is 42.5 Å². The number of esters is 1. The van der Waals surface area contributed by atoms with Gasteiger partial charge in [0.1, 0.15) is 6.10 Å². The van der Waals surface area contributed by atoms with Crippen molar-refractivity contribution in [1.82, 2.24) is 4.90 Å². The molecule has 25 heavy (non-hydrogen) atoms. The van der Waals surface area contributed by atoms with Gasteiger partial charge >= 0.3 is 5.97 Å². The summed E-state index contributed by atoms with van der Waals surface area (Å²) in [6, 6.07) is 18.9. The first kappa shape index (κ1) is 18.2. The lowest BCUT2D eigenvalue weighted by molar-refractivity contribution is -0.0166. The normalized spacial score (nSPS) is 25.2. The lowest BCUT2D eigenvalue weighted by Crippen LogP contribution is -2.44. The molecule has 2 aliphatic rings. The third-order valence-electron chi connectivity index (χ3n) is 5.53. The molecule has 0 radical (unpaired) electrons. The molecular formula is C21H24BrNO2. The molecule has 0 aliphatic carbocycles. The van der Waals surface area contributed by atoms with E-state index in [1.165, 1.54) is 11.1 Å². The maximum absolute atomic E-state index is 12.4. The Morgan fingerprint density at radius 3 is 2.56 bits per heavy atom. The van der Waals surface area contributed by atoms with Gasteiger partial charge in [-0.05, 0) is 43.1 Å². The van der Waals surface area contributed by atoms with Gasteiger partial charge in [-0.3, -0.25) is 4.90 Å². The molecular weight excluding hydrogens is 378 g/mol. The molecule has 0 amide bonds. The van der Waals surface area contributed by atoms with Gasteiger partial charge in [-0.2, -0.15) is 0 Å². The highest BCUT2D eigenvalue weighted by Gasteiger charge is 2.38. The molecule has 0 aromatic heterocycles. The van der Waals surface area contributed by atoms with Crippen LogP contribution in [0.4, 0.5) is 0 Å². The fraction of sp³-hybridized carbons (Fsp3) is 0.381. The summed E-state index contributed by atoms with van der Waals surface area (Å²) in [5.41, 5.74) is 3.50. The summed E-state index contributed by atoms with van der Waals surface area (Å²) in [5, 5.41) is 0. The fourth-order valence-corrected chi connectivity index (χ4v) is 4.20. The number of halogens is 1. The molecule has 3 nitrogen and oxygen atoms in total. The monoisotopic (exact) mass is 401 g/mol. The Kier molecular flexibility index (Phi) is 5.60. The molecule has 2 bridgehead atoms. The number of piperidine rings is 1. The van der Waals surface area contributed by atoms with Gasteiger partial charge in [0.05, 0.1) is 5.56 Å². The summed E-state index contributed by atoms with van der Waals surface area (Å²) in [7, 11) is 2.21. The summed E-state index contributed by atoms with van der Waals surface area (Å²) >= 11 is 0. The number of benzene rings is 2. The first-order valence-electron chi connectivity index (χ1n) is 8.78. The van der Waals surface area contributed by atoms with Gasteiger partial charge in [-0.25, -0.2) is 4.79 Å². The van der Waals surface area contributed by atoms with Crippen molar-refractivity contribution in [2.24, 2.45) is 0 Å². The average Bonchev–Trinajstić information content (AvgIpc) is 2.69. The largest absolute Gasteiger partial charge is 0.459 e. The predicted octanol–water partition coefficient (Wildman–Crippen LogP) is 4.57. The second kappa shape index (κ2) is 7.71. The van der Waals surface area contributed by atoms with E-state index in [9.17, 15) is 4.79 Å². The van der Waals surface area contributed by atoms with Crippen LogP contribution in [-0.4, -0.2) is 30.1 Å². The maximum atomic E-state index is 12.4. The fourth-order valence-electron chi connectivity index (χ4n) is 4.20. The highest BCUT2D eigenvalue weighted by atomic mass is 79.9. The molecule has 2 heterocycles. The quantitative estimate of drug-likeness (QED) is 0.690. The molecule has 0 saturated carbocycles. The second-order valence-corrected chi connectivity index (χ2v) is 6.94. The molecule has 0 N–H and O–H groups in total. The molecule has 2 aromatic carbocycles. The molecule has 0 spiro atoms.